The summed E-state index contributed by atoms with van der Waals surface area (Å²) in [6, 6.07) is 7.58. The molecule has 1 aromatic heterocycles. The fourth-order valence-corrected chi connectivity index (χ4v) is 3.48. The van der Waals surface area contributed by atoms with Crippen molar-refractivity contribution in [3.63, 3.8) is 0 Å². The van der Waals surface area contributed by atoms with Gasteiger partial charge in [-0.3, -0.25) is 4.79 Å². The van der Waals surface area contributed by atoms with E-state index in [1.165, 1.54) is 0 Å². The second kappa shape index (κ2) is 8.51. The highest BCUT2D eigenvalue weighted by molar-refractivity contribution is 7.80. The molecule has 0 unspecified atom stereocenters. The van der Waals surface area contributed by atoms with Crippen LogP contribution in [0.25, 0.3) is 10.9 Å². The zero-order valence-corrected chi connectivity index (χ0v) is 16.0. The molecule has 0 spiro atoms. The van der Waals surface area contributed by atoms with Crippen LogP contribution < -0.4 is 15.6 Å². The molecule has 0 radical (unpaired) electrons. The fourth-order valence-electron chi connectivity index (χ4n) is 3.19. The first-order valence-corrected chi connectivity index (χ1v) is 9.36. The third-order valence-corrected chi connectivity index (χ3v) is 4.96. The van der Waals surface area contributed by atoms with Crippen molar-refractivity contribution in [1.82, 2.24) is 15.2 Å². The summed E-state index contributed by atoms with van der Waals surface area (Å²) in [5.41, 5.74) is 1.33. The van der Waals surface area contributed by atoms with Crippen LogP contribution in [0.2, 0.25) is 0 Å². The van der Waals surface area contributed by atoms with E-state index in [0.717, 1.165) is 36.9 Å². The van der Waals surface area contributed by atoms with Crippen molar-refractivity contribution in [2.75, 3.05) is 26.8 Å². The number of aromatic nitrogens is 1. The molecule has 1 atom stereocenters. The van der Waals surface area contributed by atoms with Gasteiger partial charge in [-0.25, -0.2) is 0 Å². The predicted molar refractivity (Wildman–Crippen MR) is 107 cm³/mol. The van der Waals surface area contributed by atoms with Crippen LogP contribution in [-0.4, -0.2) is 47.9 Å². The van der Waals surface area contributed by atoms with E-state index in [2.05, 4.69) is 10.3 Å². The fraction of sp³-hybridized carbons (Fsp3) is 0.474. The minimum absolute atomic E-state index is 0.109. The number of hydrogen-bond donors (Lipinski definition) is 2. The number of nitrogens with zero attached hydrogens (tertiary/aromatic N) is 1. The first-order chi connectivity index (χ1) is 12.6. The number of methoxy groups -OCH3 is 1. The predicted octanol–water partition coefficient (Wildman–Crippen LogP) is 2.41. The standard InChI is InChI=1S/C19H25N3O3S/c1-3-20-19(26)22(12-16-5-4-8-25-16)11-14-9-13-6-7-15(24-2)10-17(13)21-18(14)23/h6-7,9-10,16H,3-5,8,11-12H2,1-2H3,(H,20,26)(H,21,23)/t16-/m0/s1. The van der Waals surface area contributed by atoms with Crippen LogP contribution >= 0.6 is 12.2 Å². The Labute approximate surface area is 158 Å². The van der Waals surface area contributed by atoms with Gasteiger partial charge in [0.1, 0.15) is 5.75 Å². The van der Waals surface area contributed by atoms with Crippen LogP contribution in [0, 0.1) is 0 Å². The maximum Gasteiger partial charge on any atom is 0.253 e. The zero-order chi connectivity index (χ0) is 18.5. The molecule has 1 aliphatic heterocycles. The van der Waals surface area contributed by atoms with Gasteiger partial charge in [-0.15, -0.1) is 0 Å². The van der Waals surface area contributed by atoms with E-state index in [1.807, 2.05) is 36.1 Å². The van der Waals surface area contributed by atoms with Gasteiger partial charge < -0.3 is 24.7 Å². The number of ether oxygens (including phenoxy) is 2. The van der Waals surface area contributed by atoms with E-state index < -0.39 is 0 Å². The van der Waals surface area contributed by atoms with Gasteiger partial charge in [-0.1, -0.05) is 0 Å². The number of H-pyrrole nitrogens is 1. The van der Waals surface area contributed by atoms with Crippen LogP contribution in [-0.2, 0) is 11.3 Å². The number of hydrogen-bond acceptors (Lipinski definition) is 4. The lowest BCUT2D eigenvalue weighted by Gasteiger charge is -2.28. The SMILES string of the molecule is CCNC(=S)N(Cc1cc2ccc(OC)cc2[nH]c1=O)C[C@@H]1CCCO1. The highest BCUT2D eigenvalue weighted by Crippen LogP contribution is 2.20. The van der Waals surface area contributed by atoms with E-state index in [4.69, 9.17) is 21.7 Å². The summed E-state index contributed by atoms with van der Waals surface area (Å²) in [7, 11) is 1.61. The average molecular weight is 375 g/mol. The van der Waals surface area contributed by atoms with Gasteiger partial charge in [0, 0.05) is 31.3 Å². The largest absolute Gasteiger partial charge is 0.497 e. The summed E-state index contributed by atoms with van der Waals surface area (Å²) in [5.74, 6) is 0.717. The molecule has 140 valence electrons. The maximum absolute atomic E-state index is 12.6. The van der Waals surface area contributed by atoms with E-state index >= 15 is 0 Å². The van der Waals surface area contributed by atoms with E-state index in [1.54, 1.807) is 7.11 Å². The number of fused-ring (bicyclic) bond motifs is 1. The lowest BCUT2D eigenvalue weighted by atomic mass is 10.1. The first-order valence-electron chi connectivity index (χ1n) is 8.95. The number of pyridine rings is 1. The summed E-state index contributed by atoms with van der Waals surface area (Å²) in [4.78, 5) is 17.5. The molecule has 0 bridgehead atoms. The number of benzene rings is 1. The van der Waals surface area contributed by atoms with Crippen molar-refractivity contribution in [3.05, 3.63) is 40.2 Å². The normalized spacial score (nSPS) is 16.6. The molecule has 6 nitrogen and oxygen atoms in total. The Balaban J connectivity index is 1.85. The van der Waals surface area contributed by atoms with Gasteiger partial charge in [-0.05, 0) is 55.6 Å². The number of rotatable bonds is 6. The molecule has 3 rings (SSSR count). The van der Waals surface area contributed by atoms with Crippen LogP contribution in [0.5, 0.6) is 5.75 Å². The average Bonchev–Trinajstić information content (AvgIpc) is 3.14. The van der Waals surface area contributed by atoms with Gasteiger partial charge in [0.05, 0.1) is 25.3 Å². The Morgan fingerprint density at radius 2 is 2.31 bits per heavy atom. The Bertz CT molecular complexity index is 830. The summed E-state index contributed by atoms with van der Waals surface area (Å²) in [6.07, 6.45) is 2.26. The third-order valence-electron chi connectivity index (χ3n) is 4.55. The molecule has 2 aromatic rings. The third kappa shape index (κ3) is 4.34. The molecule has 1 saturated heterocycles. The number of thiocarbonyl (C=S) groups is 1. The molecule has 0 aliphatic carbocycles. The lowest BCUT2D eigenvalue weighted by molar-refractivity contribution is 0.0897. The molecule has 7 heteroatoms. The molecule has 2 heterocycles. The monoisotopic (exact) mass is 375 g/mol. The summed E-state index contributed by atoms with van der Waals surface area (Å²) < 4.78 is 11.0. The first kappa shape index (κ1) is 18.7. The van der Waals surface area contributed by atoms with Crippen molar-refractivity contribution in [2.24, 2.45) is 0 Å². The van der Waals surface area contributed by atoms with Crippen LogP contribution in [0.4, 0.5) is 0 Å². The van der Waals surface area contributed by atoms with Crippen molar-refractivity contribution in [3.8, 4) is 5.75 Å². The zero-order valence-electron chi connectivity index (χ0n) is 15.2. The molecule has 1 aromatic carbocycles. The second-order valence-corrected chi connectivity index (χ2v) is 6.81. The molecule has 2 N–H and O–H groups in total. The molecule has 0 amide bonds. The molecular formula is C19H25N3O3S. The van der Waals surface area contributed by atoms with E-state index in [-0.39, 0.29) is 11.7 Å². The topological polar surface area (TPSA) is 66.6 Å². The van der Waals surface area contributed by atoms with Gasteiger partial charge in [0.25, 0.3) is 5.56 Å². The van der Waals surface area contributed by atoms with Crippen molar-refractivity contribution in [1.29, 1.82) is 0 Å². The molecule has 1 aliphatic rings. The number of nitrogens with one attached hydrogen (secondary N) is 2. The summed E-state index contributed by atoms with van der Waals surface area (Å²) in [5, 5.41) is 4.80. The highest BCUT2D eigenvalue weighted by Gasteiger charge is 2.21. The van der Waals surface area contributed by atoms with E-state index in [0.29, 0.717) is 29.5 Å². The van der Waals surface area contributed by atoms with Gasteiger partial charge >= 0.3 is 0 Å². The van der Waals surface area contributed by atoms with Gasteiger partial charge in [0.2, 0.25) is 0 Å². The smallest absolute Gasteiger partial charge is 0.253 e. The molecule has 1 fully saturated rings. The Morgan fingerprint density at radius 3 is 3.00 bits per heavy atom. The number of aromatic amines is 1. The molecule has 26 heavy (non-hydrogen) atoms. The highest BCUT2D eigenvalue weighted by atomic mass is 32.1. The van der Waals surface area contributed by atoms with Crippen molar-refractivity contribution < 1.29 is 9.47 Å². The molecular weight excluding hydrogens is 350 g/mol. The molecule has 0 saturated carbocycles. The quantitative estimate of drug-likeness (QED) is 0.756. The Kier molecular flexibility index (Phi) is 6.11. The van der Waals surface area contributed by atoms with Gasteiger partial charge in [-0.2, -0.15) is 0 Å². The lowest BCUT2D eigenvalue weighted by Crippen LogP contribution is -2.43. The maximum atomic E-state index is 12.6. The van der Waals surface area contributed by atoms with Crippen LogP contribution in [0.1, 0.15) is 25.3 Å². The van der Waals surface area contributed by atoms with E-state index in [9.17, 15) is 4.79 Å². The summed E-state index contributed by atoms with van der Waals surface area (Å²) >= 11 is 5.51. The van der Waals surface area contributed by atoms with Crippen molar-refractivity contribution in [2.45, 2.75) is 32.4 Å². The minimum Gasteiger partial charge on any atom is -0.497 e. The van der Waals surface area contributed by atoms with Crippen LogP contribution in [0.15, 0.2) is 29.1 Å². The minimum atomic E-state index is -0.109. The second-order valence-electron chi connectivity index (χ2n) is 6.43. The summed E-state index contributed by atoms with van der Waals surface area (Å²) in [6.45, 7) is 4.68. The van der Waals surface area contributed by atoms with Crippen LogP contribution in [0.3, 0.4) is 0 Å². The Morgan fingerprint density at radius 1 is 1.46 bits per heavy atom. The van der Waals surface area contributed by atoms with Crippen molar-refractivity contribution >= 4 is 28.2 Å². The van der Waals surface area contributed by atoms with Gasteiger partial charge in [0.15, 0.2) is 5.11 Å². The Hall–Kier alpha value is -2.12.